The summed E-state index contributed by atoms with van der Waals surface area (Å²) in [6, 6.07) is 11.7. The lowest BCUT2D eigenvalue weighted by molar-refractivity contribution is -0.130. The van der Waals surface area contributed by atoms with Crippen LogP contribution in [0.5, 0.6) is 0 Å². The standard InChI is InChI=1S/C19H24N2O4/c1-24-13-11-21(10-5-8-16-6-3-2-4-7-16)18(22)14-20-19(23)17-9-12-25-15-17/h2-4,6-7,9,12,15H,5,8,10-11,13-14H2,1H3,(H,20,23). The molecular weight excluding hydrogens is 320 g/mol. The highest BCUT2D eigenvalue weighted by Gasteiger charge is 2.15. The Hall–Kier alpha value is -2.60. The summed E-state index contributed by atoms with van der Waals surface area (Å²) >= 11 is 0. The maximum atomic E-state index is 12.4. The van der Waals surface area contributed by atoms with Gasteiger partial charge in [0.1, 0.15) is 6.26 Å². The molecule has 0 atom stereocenters. The minimum absolute atomic E-state index is 0.0426. The zero-order valence-electron chi connectivity index (χ0n) is 14.4. The van der Waals surface area contributed by atoms with Crippen molar-refractivity contribution in [2.24, 2.45) is 0 Å². The van der Waals surface area contributed by atoms with Gasteiger partial charge < -0.3 is 19.4 Å². The number of benzene rings is 1. The smallest absolute Gasteiger partial charge is 0.254 e. The SMILES string of the molecule is COCCN(CCCc1ccccc1)C(=O)CNC(=O)c1ccoc1. The molecule has 0 saturated heterocycles. The molecule has 0 aliphatic heterocycles. The van der Waals surface area contributed by atoms with Crippen LogP contribution in [-0.2, 0) is 16.0 Å². The fourth-order valence-corrected chi connectivity index (χ4v) is 2.44. The van der Waals surface area contributed by atoms with Crippen molar-refractivity contribution in [3.8, 4) is 0 Å². The lowest BCUT2D eigenvalue weighted by Crippen LogP contribution is -2.42. The van der Waals surface area contributed by atoms with Gasteiger partial charge in [0.2, 0.25) is 5.91 Å². The van der Waals surface area contributed by atoms with E-state index in [1.807, 2.05) is 18.2 Å². The molecule has 134 valence electrons. The molecule has 0 bridgehead atoms. The molecule has 25 heavy (non-hydrogen) atoms. The number of carbonyl (C=O) groups excluding carboxylic acids is 2. The second-order valence-electron chi connectivity index (χ2n) is 5.66. The Morgan fingerprint density at radius 2 is 1.96 bits per heavy atom. The van der Waals surface area contributed by atoms with Crippen molar-refractivity contribution in [1.82, 2.24) is 10.2 Å². The predicted octanol–water partition coefficient (Wildman–Crippen LogP) is 2.12. The molecule has 1 aromatic heterocycles. The number of methoxy groups -OCH3 is 1. The molecule has 1 N–H and O–H groups in total. The first-order valence-electron chi connectivity index (χ1n) is 8.31. The molecule has 6 heteroatoms. The topological polar surface area (TPSA) is 71.8 Å². The van der Waals surface area contributed by atoms with Gasteiger partial charge in [-0.1, -0.05) is 30.3 Å². The third-order valence-corrected chi connectivity index (χ3v) is 3.84. The molecule has 0 aliphatic carbocycles. The lowest BCUT2D eigenvalue weighted by atomic mass is 10.1. The van der Waals surface area contributed by atoms with E-state index in [1.165, 1.54) is 18.1 Å². The van der Waals surface area contributed by atoms with Crippen LogP contribution in [-0.4, -0.2) is 50.1 Å². The number of hydrogen-bond acceptors (Lipinski definition) is 4. The number of nitrogens with zero attached hydrogens (tertiary/aromatic N) is 1. The van der Waals surface area contributed by atoms with E-state index in [2.05, 4.69) is 17.4 Å². The van der Waals surface area contributed by atoms with Crippen LogP contribution < -0.4 is 5.32 Å². The van der Waals surface area contributed by atoms with E-state index in [4.69, 9.17) is 9.15 Å². The molecule has 2 amide bonds. The molecule has 6 nitrogen and oxygen atoms in total. The van der Waals surface area contributed by atoms with Gasteiger partial charge in [-0.15, -0.1) is 0 Å². The number of furan rings is 1. The van der Waals surface area contributed by atoms with Gasteiger partial charge in [0.05, 0.1) is 25.0 Å². The van der Waals surface area contributed by atoms with E-state index in [-0.39, 0.29) is 18.4 Å². The van der Waals surface area contributed by atoms with Crippen molar-refractivity contribution in [3.05, 3.63) is 60.1 Å². The average Bonchev–Trinajstić information content (AvgIpc) is 3.18. The van der Waals surface area contributed by atoms with Crippen LogP contribution in [0.15, 0.2) is 53.3 Å². The highest BCUT2D eigenvalue weighted by atomic mass is 16.5. The number of nitrogens with one attached hydrogen (secondary N) is 1. The van der Waals surface area contributed by atoms with Crippen LogP contribution in [0.4, 0.5) is 0 Å². The first-order valence-corrected chi connectivity index (χ1v) is 8.31. The highest BCUT2D eigenvalue weighted by molar-refractivity contribution is 5.96. The Bertz CT molecular complexity index is 641. The first kappa shape index (κ1) is 18.7. The van der Waals surface area contributed by atoms with Gasteiger partial charge in [0, 0.05) is 20.2 Å². The summed E-state index contributed by atoms with van der Waals surface area (Å²) in [5.41, 5.74) is 1.65. The van der Waals surface area contributed by atoms with Gasteiger partial charge in [0.25, 0.3) is 5.91 Å². The molecule has 0 radical (unpaired) electrons. The number of ether oxygens (including phenoxy) is 1. The van der Waals surface area contributed by atoms with Crippen LogP contribution in [0.2, 0.25) is 0 Å². The second kappa shape index (κ2) is 10.3. The second-order valence-corrected chi connectivity index (χ2v) is 5.66. The number of amides is 2. The van der Waals surface area contributed by atoms with Crippen molar-refractivity contribution < 1.29 is 18.7 Å². The molecule has 2 rings (SSSR count). The Balaban J connectivity index is 1.80. The summed E-state index contributed by atoms with van der Waals surface area (Å²) in [6.45, 7) is 1.55. The quantitative estimate of drug-likeness (QED) is 0.717. The molecule has 2 aromatic rings. The first-order chi connectivity index (χ1) is 12.2. The van der Waals surface area contributed by atoms with Gasteiger partial charge in [-0.05, 0) is 24.5 Å². The Morgan fingerprint density at radius 1 is 1.16 bits per heavy atom. The summed E-state index contributed by atoms with van der Waals surface area (Å²) in [4.78, 5) is 26.0. The molecule has 0 fully saturated rings. The Labute approximate surface area is 147 Å². The summed E-state index contributed by atoms with van der Waals surface area (Å²) in [5, 5.41) is 2.62. The normalized spacial score (nSPS) is 10.4. The lowest BCUT2D eigenvalue weighted by Gasteiger charge is -2.22. The van der Waals surface area contributed by atoms with Crippen LogP contribution in [0.1, 0.15) is 22.3 Å². The van der Waals surface area contributed by atoms with Gasteiger partial charge in [-0.25, -0.2) is 0 Å². The molecule has 1 heterocycles. The van der Waals surface area contributed by atoms with Gasteiger partial charge >= 0.3 is 0 Å². The maximum absolute atomic E-state index is 12.4. The largest absolute Gasteiger partial charge is 0.472 e. The van der Waals surface area contributed by atoms with Gasteiger partial charge in [-0.2, -0.15) is 0 Å². The average molecular weight is 344 g/mol. The molecule has 0 unspecified atom stereocenters. The maximum Gasteiger partial charge on any atom is 0.254 e. The Morgan fingerprint density at radius 3 is 2.64 bits per heavy atom. The molecule has 0 saturated carbocycles. The third-order valence-electron chi connectivity index (χ3n) is 3.84. The van der Waals surface area contributed by atoms with Crippen LogP contribution in [0.3, 0.4) is 0 Å². The third kappa shape index (κ3) is 6.43. The van der Waals surface area contributed by atoms with Crippen LogP contribution in [0.25, 0.3) is 0 Å². The van der Waals surface area contributed by atoms with Crippen molar-refractivity contribution in [3.63, 3.8) is 0 Å². The molecular formula is C19H24N2O4. The van der Waals surface area contributed by atoms with E-state index in [0.29, 0.717) is 25.3 Å². The van der Waals surface area contributed by atoms with Gasteiger partial charge in [0.15, 0.2) is 0 Å². The fraction of sp³-hybridized carbons (Fsp3) is 0.368. The van der Waals surface area contributed by atoms with E-state index >= 15 is 0 Å². The van der Waals surface area contributed by atoms with Crippen LogP contribution in [0, 0.1) is 0 Å². The highest BCUT2D eigenvalue weighted by Crippen LogP contribution is 2.04. The number of carbonyl (C=O) groups is 2. The monoisotopic (exact) mass is 344 g/mol. The van der Waals surface area contributed by atoms with Crippen LogP contribution >= 0.6 is 0 Å². The zero-order chi connectivity index (χ0) is 17.9. The summed E-state index contributed by atoms with van der Waals surface area (Å²) in [6.07, 6.45) is 4.53. The molecule has 0 spiro atoms. The van der Waals surface area contributed by atoms with Gasteiger partial charge in [-0.3, -0.25) is 9.59 Å². The number of rotatable bonds is 10. The fourth-order valence-electron chi connectivity index (χ4n) is 2.44. The molecule has 0 aliphatic rings. The zero-order valence-corrected chi connectivity index (χ0v) is 14.4. The van der Waals surface area contributed by atoms with Crippen molar-refractivity contribution in [2.45, 2.75) is 12.8 Å². The summed E-state index contributed by atoms with van der Waals surface area (Å²) in [7, 11) is 1.60. The molecule has 1 aromatic carbocycles. The van der Waals surface area contributed by atoms with E-state index in [0.717, 1.165) is 12.8 Å². The minimum Gasteiger partial charge on any atom is -0.472 e. The Kier molecular flexibility index (Phi) is 7.72. The minimum atomic E-state index is -0.321. The summed E-state index contributed by atoms with van der Waals surface area (Å²) in [5.74, 6) is -0.444. The predicted molar refractivity (Wildman–Crippen MR) is 94.3 cm³/mol. The van der Waals surface area contributed by atoms with Crippen molar-refractivity contribution >= 4 is 11.8 Å². The van der Waals surface area contributed by atoms with E-state index < -0.39 is 0 Å². The van der Waals surface area contributed by atoms with E-state index in [9.17, 15) is 9.59 Å². The number of aryl methyl sites for hydroxylation is 1. The van der Waals surface area contributed by atoms with Crippen molar-refractivity contribution in [1.29, 1.82) is 0 Å². The number of hydrogen-bond donors (Lipinski definition) is 1. The summed E-state index contributed by atoms with van der Waals surface area (Å²) < 4.78 is 9.94. The van der Waals surface area contributed by atoms with E-state index in [1.54, 1.807) is 18.1 Å². The van der Waals surface area contributed by atoms with Crippen molar-refractivity contribution in [2.75, 3.05) is 33.4 Å².